The summed E-state index contributed by atoms with van der Waals surface area (Å²) >= 11 is 0. The van der Waals surface area contributed by atoms with Gasteiger partial charge in [0.25, 0.3) is 0 Å². The van der Waals surface area contributed by atoms with Crippen LogP contribution in [0.15, 0.2) is 24.3 Å². The summed E-state index contributed by atoms with van der Waals surface area (Å²) in [5.41, 5.74) is 3.65. The molecule has 14 heavy (non-hydrogen) atoms. The van der Waals surface area contributed by atoms with Gasteiger partial charge in [-0.3, -0.25) is 0 Å². The molecule has 0 N–H and O–H groups in total. The third-order valence-electron chi connectivity index (χ3n) is 2.45. The van der Waals surface area contributed by atoms with Crippen LogP contribution in [0, 0.1) is 6.92 Å². The minimum absolute atomic E-state index is 0.688. The molecule has 1 nitrogen and oxygen atoms in total. The molecular weight excluding hydrogens is 172 g/mol. The molecular formula is C13H14O. The van der Waals surface area contributed by atoms with Gasteiger partial charge in [-0.1, -0.05) is 30.4 Å². The van der Waals surface area contributed by atoms with Crippen LogP contribution in [0.2, 0.25) is 0 Å². The first kappa shape index (κ1) is 9.07. The van der Waals surface area contributed by atoms with E-state index in [2.05, 4.69) is 31.2 Å². The Bertz CT molecular complexity index is 400. The number of rotatable bonds is 1. The lowest BCUT2D eigenvalue weighted by molar-refractivity contribution is 0.356. The zero-order chi connectivity index (χ0) is 9.97. The monoisotopic (exact) mass is 186 g/mol. The Hall–Kier alpha value is -1.50. The number of benzene rings is 1. The van der Waals surface area contributed by atoms with Crippen LogP contribution in [-0.2, 0) is 0 Å². The molecule has 0 radical (unpaired) electrons. The normalized spacial score (nSPS) is 14.1. The van der Waals surface area contributed by atoms with Gasteiger partial charge in [-0.15, -0.1) is 0 Å². The average Bonchev–Trinajstić information content (AvgIpc) is 2.23. The van der Waals surface area contributed by atoms with Crippen LogP contribution in [0.1, 0.15) is 23.6 Å². The van der Waals surface area contributed by atoms with E-state index in [0.717, 1.165) is 5.75 Å². The summed E-state index contributed by atoms with van der Waals surface area (Å²) in [6.07, 6.45) is 8.31. The zero-order valence-electron chi connectivity index (χ0n) is 8.58. The maximum absolute atomic E-state index is 5.62. The Balaban J connectivity index is 2.55. The first-order valence-electron chi connectivity index (χ1n) is 4.88. The van der Waals surface area contributed by atoms with Crippen LogP contribution in [0.3, 0.4) is 0 Å². The molecule has 0 aromatic heterocycles. The molecule has 1 aliphatic rings. The lowest BCUT2D eigenvalue weighted by atomic mass is 10.0. The summed E-state index contributed by atoms with van der Waals surface area (Å²) in [5, 5.41) is 0. The molecule has 0 aliphatic carbocycles. The van der Waals surface area contributed by atoms with E-state index in [1.165, 1.54) is 16.7 Å². The minimum Gasteiger partial charge on any atom is -0.489 e. The smallest absolute Gasteiger partial charge is 0.130 e. The highest BCUT2D eigenvalue weighted by Crippen LogP contribution is 2.30. The van der Waals surface area contributed by atoms with E-state index >= 15 is 0 Å². The van der Waals surface area contributed by atoms with Crippen LogP contribution in [0.25, 0.3) is 12.2 Å². The number of fused-ring (bicyclic) bond motifs is 1. The van der Waals surface area contributed by atoms with Gasteiger partial charge in [0.2, 0.25) is 0 Å². The molecule has 0 amide bonds. The molecule has 0 saturated carbocycles. The highest BCUT2D eigenvalue weighted by atomic mass is 16.5. The Kier molecular flexibility index (Phi) is 2.40. The van der Waals surface area contributed by atoms with Crippen LogP contribution >= 0.6 is 0 Å². The van der Waals surface area contributed by atoms with Crippen molar-refractivity contribution in [3.05, 3.63) is 41.0 Å². The van der Waals surface area contributed by atoms with Gasteiger partial charge in [0.15, 0.2) is 0 Å². The summed E-state index contributed by atoms with van der Waals surface area (Å²) in [7, 11) is 0. The molecule has 0 saturated heterocycles. The SMILES string of the molecule is C/C=C\c1ccc2c(c1C)OCC=C2. The largest absolute Gasteiger partial charge is 0.489 e. The van der Waals surface area contributed by atoms with E-state index in [4.69, 9.17) is 4.74 Å². The van der Waals surface area contributed by atoms with Gasteiger partial charge in [0.1, 0.15) is 12.4 Å². The van der Waals surface area contributed by atoms with E-state index in [1.807, 2.05) is 19.1 Å². The van der Waals surface area contributed by atoms with E-state index in [-0.39, 0.29) is 0 Å². The number of hydrogen-bond donors (Lipinski definition) is 0. The zero-order valence-corrected chi connectivity index (χ0v) is 8.58. The van der Waals surface area contributed by atoms with E-state index in [0.29, 0.717) is 6.61 Å². The molecule has 72 valence electrons. The Morgan fingerprint density at radius 2 is 2.21 bits per heavy atom. The highest BCUT2D eigenvalue weighted by Gasteiger charge is 2.10. The van der Waals surface area contributed by atoms with Crippen LogP contribution in [0.4, 0.5) is 0 Å². The van der Waals surface area contributed by atoms with Gasteiger partial charge >= 0.3 is 0 Å². The Labute approximate surface area is 84.7 Å². The summed E-state index contributed by atoms with van der Waals surface area (Å²) < 4.78 is 5.62. The van der Waals surface area contributed by atoms with Crippen molar-refractivity contribution < 1.29 is 4.74 Å². The van der Waals surface area contributed by atoms with Gasteiger partial charge in [0, 0.05) is 5.56 Å². The molecule has 0 spiro atoms. The molecule has 0 unspecified atom stereocenters. The molecule has 1 heteroatoms. The van der Waals surface area contributed by atoms with Gasteiger partial charge in [-0.2, -0.15) is 0 Å². The fraction of sp³-hybridized carbons (Fsp3) is 0.231. The van der Waals surface area contributed by atoms with Crippen molar-refractivity contribution in [3.8, 4) is 5.75 Å². The van der Waals surface area contributed by atoms with Crippen molar-refractivity contribution in [3.63, 3.8) is 0 Å². The molecule has 1 aromatic carbocycles. The summed E-state index contributed by atoms with van der Waals surface area (Å²) in [5.74, 6) is 1.03. The molecule has 1 aliphatic heterocycles. The second kappa shape index (κ2) is 3.70. The first-order chi connectivity index (χ1) is 6.83. The highest BCUT2D eigenvalue weighted by molar-refractivity contribution is 5.67. The van der Waals surface area contributed by atoms with Crippen LogP contribution < -0.4 is 4.74 Å². The number of allylic oxidation sites excluding steroid dienone is 1. The second-order valence-electron chi connectivity index (χ2n) is 3.41. The molecule has 1 aromatic rings. The Morgan fingerprint density at radius 3 is 3.00 bits per heavy atom. The number of ether oxygens (including phenoxy) is 1. The molecule has 2 rings (SSSR count). The molecule has 0 bridgehead atoms. The van der Waals surface area contributed by atoms with E-state index in [9.17, 15) is 0 Å². The fourth-order valence-corrected chi connectivity index (χ4v) is 1.72. The predicted octanol–water partition coefficient (Wildman–Crippen LogP) is 3.43. The summed E-state index contributed by atoms with van der Waals surface area (Å²) in [6.45, 7) is 4.82. The van der Waals surface area contributed by atoms with E-state index in [1.54, 1.807) is 0 Å². The van der Waals surface area contributed by atoms with Crippen molar-refractivity contribution >= 4 is 12.2 Å². The van der Waals surface area contributed by atoms with Gasteiger partial charge in [-0.25, -0.2) is 0 Å². The maximum atomic E-state index is 5.62. The average molecular weight is 186 g/mol. The van der Waals surface area contributed by atoms with Crippen molar-refractivity contribution in [2.24, 2.45) is 0 Å². The standard InChI is InChI=1S/C13H14O/c1-3-5-11-7-8-12-6-4-9-14-13(12)10(11)2/h3-8H,9H2,1-2H3/b5-3-. The topological polar surface area (TPSA) is 9.23 Å². The van der Waals surface area contributed by atoms with Gasteiger partial charge < -0.3 is 4.74 Å². The second-order valence-corrected chi connectivity index (χ2v) is 3.41. The first-order valence-corrected chi connectivity index (χ1v) is 4.88. The third kappa shape index (κ3) is 1.46. The summed E-state index contributed by atoms with van der Waals surface area (Å²) in [4.78, 5) is 0. The third-order valence-corrected chi connectivity index (χ3v) is 2.45. The minimum atomic E-state index is 0.688. The lowest BCUT2D eigenvalue weighted by Crippen LogP contribution is -2.02. The van der Waals surface area contributed by atoms with Crippen molar-refractivity contribution in [2.75, 3.05) is 6.61 Å². The Morgan fingerprint density at radius 1 is 1.36 bits per heavy atom. The van der Waals surface area contributed by atoms with Crippen molar-refractivity contribution in [2.45, 2.75) is 13.8 Å². The van der Waals surface area contributed by atoms with Crippen molar-refractivity contribution in [1.82, 2.24) is 0 Å². The quantitative estimate of drug-likeness (QED) is 0.652. The predicted molar refractivity (Wildman–Crippen MR) is 60.4 cm³/mol. The number of hydrogen-bond acceptors (Lipinski definition) is 1. The van der Waals surface area contributed by atoms with Gasteiger partial charge in [0.05, 0.1) is 0 Å². The summed E-state index contributed by atoms with van der Waals surface area (Å²) in [6, 6.07) is 4.24. The van der Waals surface area contributed by atoms with Crippen LogP contribution in [0.5, 0.6) is 5.75 Å². The van der Waals surface area contributed by atoms with E-state index < -0.39 is 0 Å². The lowest BCUT2D eigenvalue weighted by Gasteiger charge is -2.16. The molecule has 0 atom stereocenters. The molecule has 1 heterocycles. The maximum Gasteiger partial charge on any atom is 0.130 e. The van der Waals surface area contributed by atoms with Gasteiger partial charge in [-0.05, 0) is 31.1 Å². The fourth-order valence-electron chi connectivity index (χ4n) is 1.72. The van der Waals surface area contributed by atoms with Crippen LogP contribution in [-0.4, -0.2) is 6.61 Å². The van der Waals surface area contributed by atoms with Crippen molar-refractivity contribution in [1.29, 1.82) is 0 Å². The molecule has 0 fully saturated rings.